The number of nitrogens with zero attached hydrogens (tertiary/aromatic N) is 1. The van der Waals surface area contributed by atoms with Gasteiger partial charge in [0.25, 0.3) is 0 Å². The highest BCUT2D eigenvalue weighted by molar-refractivity contribution is 7.92. The molecule has 0 aliphatic heterocycles. The lowest BCUT2D eigenvalue weighted by Gasteiger charge is -2.29. The predicted molar refractivity (Wildman–Crippen MR) is 103 cm³/mol. The first-order valence-electron chi connectivity index (χ1n) is 7.72. The topological polar surface area (TPSA) is 66.5 Å². The molecule has 0 aromatic heterocycles. The summed E-state index contributed by atoms with van der Waals surface area (Å²) in [7, 11) is -3.65. The van der Waals surface area contributed by atoms with Crippen LogP contribution >= 0.6 is 11.6 Å². The fourth-order valence-corrected chi connectivity index (χ4v) is 3.87. The zero-order valence-electron chi connectivity index (χ0n) is 14.6. The Balaban J connectivity index is 2.36. The largest absolute Gasteiger partial charge is 0.324 e. The first-order chi connectivity index (χ1) is 11.6. The molecule has 0 saturated carbocycles. The van der Waals surface area contributed by atoms with Crippen molar-refractivity contribution in [3.05, 3.63) is 58.6 Å². The maximum Gasteiger partial charge on any atom is 0.247 e. The smallest absolute Gasteiger partial charge is 0.247 e. The van der Waals surface area contributed by atoms with E-state index in [1.165, 1.54) is 0 Å². The molecule has 0 aliphatic rings. The molecule has 5 nitrogen and oxygen atoms in total. The van der Waals surface area contributed by atoms with E-state index in [1.807, 2.05) is 26.0 Å². The van der Waals surface area contributed by atoms with Crippen molar-refractivity contribution in [2.75, 3.05) is 15.9 Å². The predicted octanol–water partition coefficient (Wildman–Crippen LogP) is 3.75. The molecule has 2 aromatic rings. The normalized spacial score (nSPS) is 12.5. The zero-order valence-corrected chi connectivity index (χ0v) is 16.1. The lowest BCUT2D eigenvalue weighted by atomic mass is 10.1. The van der Waals surface area contributed by atoms with E-state index in [4.69, 9.17) is 11.6 Å². The molecule has 1 atom stereocenters. The summed E-state index contributed by atoms with van der Waals surface area (Å²) in [6, 6.07) is 11.2. The lowest BCUT2D eigenvalue weighted by molar-refractivity contribution is -0.116. The summed E-state index contributed by atoms with van der Waals surface area (Å²) in [6.07, 6.45) is 1.10. The number of rotatable bonds is 5. The van der Waals surface area contributed by atoms with Crippen LogP contribution in [-0.4, -0.2) is 26.6 Å². The number of hydrogen-bond acceptors (Lipinski definition) is 3. The van der Waals surface area contributed by atoms with Crippen molar-refractivity contribution in [1.29, 1.82) is 0 Å². The van der Waals surface area contributed by atoms with Gasteiger partial charge < -0.3 is 5.32 Å². The van der Waals surface area contributed by atoms with E-state index in [9.17, 15) is 13.2 Å². The monoisotopic (exact) mass is 380 g/mol. The maximum absolute atomic E-state index is 12.6. The van der Waals surface area contributed by atoms with Crippen molar-refractivity contribution in [3.8, 4) is 0 Å². The maximum atomic E-state index is 12.6. The molecule has 134 valence electrons. The van der Waals surface area contributed by atoms with Gasteiger partial charge in [0.15, 0.2) is 0 Å². The number of carbonyl (C=O) groups excluding carboxylic acids is 1. The van der Waals surface area contributed by atoms with Crippen molar-refractivity contribution in [3.63, 3.8) is 0 Å². The number of aryl methyl sites for hydroxylation is 2. The minimum absolute atomic E-state index is 0.423. The van der Waals surface area contributed by atoms with Gasteiger partial charge in [0.05, 0.1) is 11.9 Å². The van der Waals surface area contributed by atoms with Gasteiger partial charge in [-0.15, -0.1) is 0 Å². The van der Waals surface area contributed by atoms with Gasteiger partial charge in [0.2, 0.25) is 15.9 Å². The molecule has 0 radical (unpaired) electrons. The summed E-state index contributed by atoms with van der Waals surface area (Å²) in [6.45, 7) is 5.26. The Bertz CT molecular complexity index is 880. The number of sulfonamides is 1. The average molecular weight is 381 g/mol. The van der Waals surface area contributed by atoms with Crippen LogP contribution in [0.3, 0.4) is 0 Å². The summed E-state index contributed by atoms with van der Waals surface area (Å²) in [5.74, 6) is -0.423. The molecule has 2 rings (SSSR count). The Kier molecular flexibility index (Phi) is 5.75. The van der Waals surface area contributed by atoms with Gasteiger partial charge in [-0.25, -0.2) is 8.42 Å². The molecule has 0 fully saturated rings. The van der Waals surface area contributed by atoms with Crippen molar-refractivity contribution in [2.24, 2.45) is 0 Å². The molecule has 0 spiro atoms. The average Bonchev–Trinajstić information content (AvgIpc) is 2.51. The summed E-state index contributed by atoms with van der Waals surface area (Å²) < 4.78 is 25.9. The van der Waals surface area contributed by atoms with Crippen molar-refractivity contribution < 1.29 is 13.2 Å². The van der Waals surface area contributed by atoms with Crippen LogP contribution in [0.4, 0.5) is 11.4 Å². The number of anilines is 2. The molecule has 1 amide bonds. The fraction of sp³-hybridized carbons (Fsp3) is 0.278. The SMILES string of the molecule is Cc1ccc(C)c(N([C@H](C)C(=O)Nc2ccc(Cl)cc2)S(C)(=O)=O)c1. The fourth-order valence-electron chi connectivity index (χ4n) is 2.52. The van der Waals surface area contributed by atoms with Gasteiger partial charge >= 0.3 is 0 Å². The molecule has 0 unspecified atom stereocenters. The van der Waals surface area contributed by atoms with Crippen LogP contribution in [0.25, 0.3) is 0 Å². The second-order valence-corrected chi connectivity index (χ2v) is 8.32. The van der Waals surface area contributed by atoms with Crippen LogP contribution in [0, 0.1) is 13.8 Å². The molecular formula is C18H21ClN2O3S. The Morgan fingerprint density at radius 3 is 2.28 bits per heavy atom. The third-order valence-corrected chi connectivity index (χ3v) is 5.28. The molecule has 1 N–H and O–H groups in total. The molecule has 0 saturated heterocycles. The van der Waals surface area contributed by atoms with Crippen LogP contribution in [0.1, 0.15) is 18.1 Å². The number of benzene rings is 2. The number of nitrogens with one attached hydrogen (secondary N) is 1. The molecular weight excluding hydrogens is 360 g/mol. The van der Waals surface area contributed by atoms with E-state index < -0.39 is 22.0 Å². The molecule has 0 bridgehead atoms. The van der Waals surface area contributed by atoms with E-state index in [1.54, 1.807) is 37.3 Å². The number of carbonyl (C=O) groups is 1. The summed E-state index contributed by atoms with van der Waals surface area (Å²) in [4.78, 5) is 12.6. The lowest BCUT2D eigenvalue weighted by Crippen LogP contribution is -2.45. The molecule has 25 heavy (non-hydrogen) atoms. The number of halogens is 1. The summed E-state index contributed by atoms with van der Waals surface area (Å²) >= 11 is 5.83. The van der Waals surface area contributed by atoms with E-state index in [0.717, 1.165) is 21.7 Å². The molecule has 2 aromatic carbocycles. The second kappa shape index (κ2) is 7.45. The molecule has 7 heteroatoms. The Morgan fingerprint density at radius 2 is 1.72 bits per heavy atom. The Hall–Kier alpha value is -2.05. The van der Waals surface area contributed by atoms with Gasteiger partial charge in [0, 0.05) is 10.7 Å². The molecule has 0 heterocycles. The minimum atomic E-state index is -3.65. The second-order valence-electron chi connectivity index (χ2n) is 6.02. The van der Waals surface area contributed by atoms with Gasteiger partial charge in [-0.1, -0.05) is 23.7 Å². The van der Waals surface area contributed by atoms with Crippen LogP contribution in [0.2, 0.25) is 5.02 Å². The first kappa shape index (κ1) is 19.3. The summed E-state index contributed by atoms with van der Waals surface area (Å²) in [5, 5.41) is 3.28. The third kappa shape index (κ3) is 4.74. The van der Waals surface area contributed by atoms with E-state index >= 15 is 0 Å². The highest BCUT2D eigenvalue weighted by Gasteiger charge is 2.30. The standard InChI is InChI=1S/C18H21ClN2O3S/c1-12-5-6-13(2)17(11-12)21(25(4,23)24)14(3)18(22)20-16-9-7-15(19)8-10-16/h5-11,14H,1-4H3,(H,20,22)/t14-/m1/s1. The first-order valence-corrected chi connectivity index (χ1v) is 9.95. The van der Waals surface area contributed by atoms with Crippen molar-refractivity contribution in [1.82, 2.24) is 0 Å². The minimum Gasteiger partial charge on any atom is -0.324 e. The van der Waals surface area contributed by atoms with E-state index in [2.05, 4.69) is 5.32 Å². The van der Waals surface area contributed by atoms with Gasteiger partial charge in [-0.3, -0.25) is 9.10 Å². The third-order valence-electron chi connectivity index (χ3n) is 3.80. The van der Waals surface area contributed by atoms with Gasteiger partial charge in [0.1, 0.15) is 6.04 Å². The Labute approximate surface area is 153 Å². The van der Waals surface area contributed by atoms with Crippen LogP contribution in [-0.2, 0) is 14.8 Å². The van der Waals surface area contributed by atoms with Crippen molar-refractivity contribution >= 4 is 38.9 Å². The molecule has 0 aliphatic carbocycles. The number of hydrogen-bond donors (Lipinski definition) is 1. The summed E-state index contributed by atoms with van der Waals surface area (Å²) in [5.41, 5.74) is 2.75. The number of amides is 1. The highest BCUT2D eigenvalue weighted by Crippen LogP contribution is 2.26. The van der Waals surface area contributed by atoms with Crippen LogP contribution in [0.15, 0.2) is 42.5 Å². The van der Waals surface area contributed by atoms with Gasteiger partial charge in [-0.2, -0.15) is 0 Å². The highest BCUT2D eigenvalue weighted by atomic mass is 35.5. The van der Waals surface area contributed by atoms with Crippen molar-refractivity contribution in [2.45, 2.75) is 26.8 Å². The van der Waals surface area contributed by atoms with Crippen LogP contribution in [0.5, 0.6) is 0 Å². The quantitative estimate of drug-likeness (QED) is 0.858. The Morgan fingerprint density at radius 1 is 1.12 bits per heavy atom. The van der Waals surface area contributed by atoms with Gasteiger partial charge in [-0.05, 0) is 62.2 Å². The van der Waals surface area contributed by atoms with Crippen LogP contribution < -0.4 is 9.62 Å². The van der Waals surface area contributed by atoms with E-state index in [-0.39, 0.29) is 0 Å². The zero-order chi connectivity index (χ0) is 18.8. The van der Waals surface area contributed by atoms with E-state index in [0.29, 0.717) is 16.4 Å².